The molecule has 0 unspecified atom stereocenters. The number of hydrogen-bond donors (Lipinski definition) is 0. The van der Waals surface area contributed by atoms with Crippen molar-refractivity contribution in [1.29, 1.82) is 0 Å². The third kappa shape index (κ3) is 4.36. The maximum atomic E-state index is 5.50. The van der Waals surface area contributed by atoms with E-state index in [4.69, 9.17) is 4.74 Å². The van der Waals surface area contributed by atoms with Crippen LogP contribution in [0.25, 0.3) is 5.69 Å². The third-order valence-corrected chi connectivity index (χ3v) is 5.98. The summed E-state index contributed by atoms with van der Waals surface area (Å²) in [6.45, 7) is 5.23. The van der Waals surface area contributed by atoms with Crippen LogP contribution >= 0.6 is 27.7 Å². The Balaban J connectivity index is 1.65. The smallest absolute Gasteiger partial charge is 0.232 e. The quantitative estimate of drug-likeness (QED) is 0.543. The van der Waals surface area contributed by atoms with E-state index in [0.29, 0.717) is 0 Å². The van der Waals surface area contributed by atoms with Crippen LogP contribution in [0.3, 0.4) is 0 Å². The van der Waals surface area contributed by atoms with Crippen molar-refractivity contribution in [2.24, 2.45) is 0 Å². The van der Waals surface area contributed by atoms with E-state index in [1.54, 1.807) is 11.8 Å². The first-order valence-electron chi connectivity index (χ1n) is 8.93. The molecule has 7 heteroatoms. The lowest BCUT2D eigenvalue weighted by atomic mass is 10.2. The molecule has 1 fully saturated rings. The van der Waals surface area contributed by atoms with Gasteiger partial charge >= 0.3 is 0 Å². The minimum absolute atomic E-state index is 0.724. The zero-order valence-corrected chi connectivity index (χ0v) is 17.5. The van der Waals surface area contributed by atoms with Gasteiger partial charge in [0.15, 0.2) is 5.16 Å². The summed E-state index contributed by atoms with van der Waals surface area (Å²) >= 11 is 5.20. The average molecular weight is 445 g/mol. The first kappa shape index (κ1) is 18.5. The van der Waals surface area contributed by atoms with Gasteiger partial charge in [-0.2, -0.15) is 0 Å². The van der Waals surface area contributed by atoms with Crippen LogP contribution in [0.4, 0.5) is 5.95 Å². The minimum atomic E-state index is 0.724. The van der Waals surface area contributed by atoms with Gasteiger partial charge in [-0.1, -0.05) is 52.0 Å². The molecular formula is C20H21BrN4OS. The highest BCUT2D eigenvalue weighted by atomic mass is 79.9. The number of nitrogens with zero attached hydrogens (tertiary/aromatic N) is 4. The molecule has 4 rings (SSSR count). The van der Waals surface area contributed by atoms with Gasteiger partial charge in [-0.05, 0) is 42.3 Å². The topological polar surface area (TPSA) is 43.2 Å². The van der Waals surface area contributed by atoms with Crippen LogP contribution in [-0.2, 0) is 10.5 Å². The molecule has 3 aromatic rings. The van der Waals surface area contributed by atoms with E-state index in [0.717, 1.165) is 53.3 Å². The first-order valence-corrected chi connectivity index (χ1v) is 10.7. The minimum Gasteiger partial charge on any atom is -0.378 e. The Morgan fingerprint density at radius 3 is 2.59 bits per heavy atom. The molecule has 0 spiro atoms. The number of benzene rings is 2. The van der Waals surface area contributed by atoms with Gasteiger partial charge in [-0.15, -0.1) is 10.2 Å². The van der Waals surface area contributed by atoms with Gasteiger partial charge in [0.25, 0.3) is 0 Å². The first-order chi connectivity index (χ1) is 13.2. The van der Waals surface area contributed by atoms with Gasteiger partial charge in [-0.25, -0.2) is 0 Å². The lowest BCUT2D eigenvalue weighted by Gasteiger charge is -2.28. The summed E-state index contributed by atoms with van der Waals surface area (Å²) in [6.07, 6.45) is 0. The normalized spacial score (nSPS) is 14.5. The van der Waals surface area contributed by atoms with Crippen molar-refractivity contribution in [3.63, 3.8) is 0 Å². The van der Waals surface area contributed by atoms with E-state index in [1.807, 2.05) is 0 Å². The number of thioether (sulfide) groups is 1. The largest absolute Gasteiger partial charge is 0.378 e. The second-order valence-electron chi connectivity index (χ2n) is 6.47. The maximum Gasteiger partial charge on any atom is 0.232 e. The number of halogens is 1. The predicted octanol–water partition coefficient (Wildman–Crippen LogP) is 4.47. The van der Waals surface area contributed by atoms with Gasteiger partial charge in [0, 0.05) is 23.3 Å². The highest BCUT2D eigenvalue weighted by molar-refractivity contribution is 9.10. The Morgan fingerprint density at radius 1 is 1.07 bits per heavy atom. The Kier molecular flexibility index (Phi) is 5.80. The van der Waals surface area contributed by atoms with E-state index in [9.17, 15) is 0 Å². The molecule has 2 aromatic carbocycles. The molecule has 0 bridgehead atoms. The standard InChI is InChI=1S/C20H21BrN4OS/c1-15-3-2-4-18(13-15)25-19(24-9-11-26-12-10-24)22-23-20(25)27-14-16-5-7-17(21)8-6-16/h2-8,13H,9-12,14H2,1H3. The number of rotatable bonds is 5. The molecule has 27 heavy (non-hydrogen) atoms. The fourth-order valence-electron chi connectivity index (χ4n) is 3.05. The molecule has 5 nitrogen and oxygen atoms in total. The molecular weight excluding hydrogens is 424 g/mol. The number of aromatic nitrogens is 3. The lowest BCUT2D eigenvalue weighted by molar-refractivity contribution is 0.122. The van der Waals surface area contributed by atoms with E-state index < -0.39 is 0 Å². The number of ether oxygens (including phenoxy) is 1. The lowest BCUT2D eigenvalue weighted by Crippen LogP contribution is -2.37. The molecule has 0 N–H and O–H groups in total. The van der Waals surface area contributed by atoms with Crippen LogP contribution in [0.5, 0.6) is 0 Å². The second-order valence-corrected chi connectivity index (χ2v) is 8.33. The van der Waals surface area contributed by atoms with E-state index in [-0.39, 0.29) is 0 Å². The van der Waals surface area contributed by atoms with Crippen molar-refractivity contribution < 1.29 is 4.74 Å². The summed E-state index contributed by atoms with van der Waals surface area (Å²) in [7, 11) is 0. The van der Waals surface area contributed by atoms with Crippen LogP contribution in [-0.4, -0.2) is 41.1 Å². The molecule has 1 aromatic heterocycles. The van der Waals surface area contributed by atoms with Gasteiger partial charge in [-0.3, -0.25) is 4.57 Å². The fraction of sp³-hybridized carbons (Fsp3) is 0.300. The predicted molar refractivity (Wildman–Crippen MR) is 113 cm³/mol. The van der Waals surface area contributed by atoms with Crippen molar-refractivity contribution in [2.75, 3.05) is 31.2 Å². The Labute approximate surface area is 171 Å². The molecule has 1 aliphatic rings. The van der Waals surface area contributed by atoms with Gasteiger partial charge in [0.05, 0.1) is 18.9 Å². The van der Waals surface area contributed by atoms with E-state index in [1.165, 1.54) is 11.1 Å². The van der Waals surface area contributed by atoms with Crippen LogP contribution < -0.4 is 4.90 Å². The second kappa shape index (κ2) is 8.46. The molecule has 1 saturated heterocycles. The van der Waals surface area contributed by atoms with Crippen LogP contribution in [0.15, 0.2) is 58.2 Å². The number of aryl methyl sites for hydroxylation is 1. The number of anilines is 1. The molecule has 0 radical (unpaired) electrons. The van der Waals surface area contributed by atoms with E-state index in [2.05, 4.69) is 91.0 Å². The van der Waals surface area contributed by atoms with Crippen molar-refractivity contribution >= 4 is 33.6 Å². The van der Waals surface area contributed by atoms with Gasteiger partial charge in [0.1, 0.15) is 0 Å². The van der Waals surface area contributed by atoms with Crippen molar-refractivity contribution in [2.45, 2.75) is 17.8 Å². The number of hydrogen-bond acceptors (Lipinski definition) is 5. The monoisotopic (exact) mass is 444 g/mol. The molecule has 0 aliphatic carbocycles. The van der Waals surface area contributed by atoms with Crippen molar-refractivity contribution in [1.82, 2.24) is 14.8 Å². The summed E-state index contributed by atoms with van der Waals surface area (Å²) < 4.78 is 8.76. The molecule has 0 atom stereocenters. The summed E-state index contributed by atoms with van der Waals surface area (Å²) in [5.41, 5.74) is 3.58. The van der Waals surface area contributed by atoms with Crippen LogP contribution in [0, 0.1) is 6.92 Å². The molecule has 1 aliphatic heterocycles. The Morgan fingerprint density at radius 2 is 1.85 bits per heavy atom. The van der Waals surface area contributed by atoms with Crippen LogP contribution in [0.2, 0.25) is 0 Å². The fourth-order valence-corrected chi connectivity index (χ4v) is 4.21. The molecule has 0 amide bonds. The maximum absolute atomic E-state index is 5.50. The van der Waals surface area contributed by atoms with Crippen molar-refractivity contribution in [3.8, 4) is 5.69 Å². The van der Waals surface area contributed by atoms with Gasteiger partial charge in [0.2, 0.25) is 5.95 Å². The summed E-state index contributed by atoms with van der Waals surface area (Å²) in [4.78, 5) is 2.25. The van der Waals surface area contributed by atoms with E-state index >= 15 is 0 Å². The number of morpholine rings is 1. The zero-order chi connectivity index (χ0) is 18.6. The van der Waals surface area contributed by atoms with Gasteiger partial charge < -0.3 is 9.64 Å². The average Bonchev–Trinajstić information content (AvgIpc) is 3.12. The van der Waals surface area contributed by atoms with Crippen molar-refractivity contribution in [3.05, 3.63) is 64.1 Å². The highest BCUT2D eigenvalue weighted by Gasteiger charge is 2.21. The molecule has 140 valence electrons. The Hall–Kier alpha value is -1.83. The summed E-state index contributed by atoms with van der Waals surface area (Å²) in [5.74, 6) is 1.74. The third-order valence-electron chi connectivity index (χ3n) is 4.45. The molecule has 2 heterocycles. The highest BCUT2D eigenvalue weighted by Crippen LogP contribution is 2.29. The Bertz CT molecular complexity index is 907. The molecule has 0 saturated carbocycles. The summed E-state index contributed by atoms with van der Waals surface area (Å²) in [6, 6.07) is 16.9. The van der Waals surface area contributed by atoms with Crippen LogP contribution in [0.1, 0.15) is 11.1 Å². The summed E-state index contributed by atoms with van der Waals surface area (Å²) in [5, 5.41) is 9.95. The SMILES string of the molecule is Cc1cccc(-n2c(SCc3ccc(Br)cc3)nnc2N2CCOCC2)c1. The zero-order valence-electron chi connectivity index (χ0n) is 15.1.